The first kappa shape index (κ1) is 10.6. The first-order valence-corrected chi connectivity index (χ1v) is 5.27. The third-order valence-electron chi connectivity index (χ3n) is 3.00. The van der Waals surface area contributed by atoms with E-state index in [0.717, 1.165) is 18.5 Å². The number of alkyl halides is 1. The van der Waals surface area contributed by atoms with Crippen molar-refractivity contribution in [3.8, 4) is 0 Å². The van der Waals surface area contributed by atoms with Gasteiger partial charge in [-0.05, 0) is 44.0 Å². The molecule has 0 saturated carbocycles. The van der Waals surface area contributed by atoms with Gasteiger partial charge < -0.3 is 5.32 Å². The van der Waals surface area contributed by atoms with Gasteiger partial charge in [-0.2, -0.15) is 0 Å². The van der Waals surface area contributed by atoms with Crippen LogP contribution in [-0.2, 0) is 0 Å². The van der Waals surface area contributed by atoms with Crippen LogP contribution in [0.15, 0.2) is 24.3 Å². The zero-order valence-corrected chi connectivity index (χ0v) is 8.76. The SMILES string of the molecule is CC1(F)CCCNC1c1ccc(F)cc1. The van der Waals surface area contributed by atoms with Crippen molar-refractivity contribution in [2.45, 2.75) is 31.5 Å². The zero-order valence-electron chi connectivity index (χ0n) is 8.76. The lowest BCUT2D eigenvalue weighted by Gasteiger charge is -2.36. The Balaban J connectivity index is 2.25. The van der Waals surface area contributed by atoms with E-state index in [4.69, 9.17) is 0 Å². The third kappa shape index (κ3) is 2.17. The van der Waals surface area contributed by atoms with Crippen molar-refractivity contribution >= 4 is 0 Å². The Bertz CT molecular complexity index is 332. The van der Waals surface area contributed by atoms with E-state index in [9.17, 15) is 8.78 Å². The summed E-state index contributed by atoms with van der Waals surface area (Å²) in [7, 11) is 0. The first-order chi connectivity index (χ1) is 7.09. The maximum atomic E-state index is 14.2. The van der Waals surface area contributed by atoms with Gasteiger partial charge in [0.2, 0.25) is 0 Å². The van der Waals surface area contributed by atoms with Gasteiger partial charge in [-0.15, -0.1) is 0 Å². The predicted molar refractivity (Wildman–Crippen MR) is 55.9 cm³/mol. The molecule has 1 aromatic carbocycles. The molecule has 2 rings (SSSR count). The van der Waals surface area contributed by atoms with E-state index in [1.165, 1.54) is 12.1 Å². The second-order valence-corrected chi connectivity index (χ2v) is 4.32. The first-order valence-electron chi connectivity index (χ1n) is 5.27. The summed E-state index contributed by atoms with van der Waals surface area (Å²) in [5.41, 5.74) is -0.420. The average Bonchev–Trinajstić information content (AvgIpc) is 2.19. The lowest BCUT2D eigenvalue weighted by molar-refractivity contribution is 0.0883. The second-order valence-electron chi connectivity index (χ2n) is 4.32. The highest BCUT2D eigenvalue weighted by Crippen LogP contribution is 2.36. The molecule has 1 aliphatic heterocycles. The van der Waals surface area contributed by atoms with E-state index in [2.05, 4.69) is 5.32 Å². The van der Waals surface area contributed by atoms with E-state index in [1.807, 2.05) is 0 Å². The van der Waals surface area contributed by atoms with E-state index in [-0.39, 0.29) is 11.9 Å². The van der Waals surface area contributed by atoms with Gasteiger partial charge >= 0.3 is 0 Å². The second kappa shape index (κ2) is 3.89. The van der Waals surface area contributed by atoms with Crippen LogP contribution in [0.4, 0.5) is 8.78 Å². The summed E-state index contributed by atoms with van der Waals surface area (Å²) in [5, 5.41) is 3.15. The lowest BCUT2D eigenvalue weighted by Crippen LogP contribution is -2.43. The van der Waals surface area contributed by atoms with Gasteiger partial charge in [-0.1, -0.05) is 12.1 Å². The van der Waals surface area contributed by atoms with Gasteiger partial charge in [0.1, 0.15) is 11.5 Å². The van der Waals surface area contributed by atoms with Crippen molar-refractivity contribution in [3.63, 3.8) is 0 Å². The minimum Gasteiger partial charge on any atom is -0.307 e. The standard InChI is InChI=1S/C12H15F2N/c1-12(14)7-2-8-15-11(12)9-3-5-10(13)6-4-9/h3-6,11,15H,2,7-8H2,1H3. The van der Waals surface area contributed by atoms with Crippen molar-refractivity contribution in [1.82, 2.24) is 5.32 Å². The van der Waals surface area contributed by atoms with Crippen molar-refractivity contribution < 1.29 is 8.78 Å². The van der Waals surface area contributed by atoms with Crippen LogP contribution in [0.1, 0.15) is 31.4 Å². The van der Waals surface area contributed by atoms with Crippen LogP contribution < -0.4 is 5.32 Å². The van der Waals surface area contributed by atoms with Crippen LogP contribution in [0.5, 0.6) is 0 Å². The Hall–Kier alpha value is -0.960. The summed E-state index contributed by atoms with van der Waals surface area (Å²) in [5.74, 6) is -0.282. The van der Waals surface area contributed by atoms with Crippen molar-refractivity contribution in [2.24, 2.45) is 0 Å². The van der Waals surface area contributed by atoms with E-state index >= 15 is 0 Å². The molecule has 82 valence electrons. The monoisotopic (exact) mass is 211 g/mol. The normalized spacial score (nSPS) is 31.5. The number of hydrogen-bond donors (Lipinski definition) is 1. The van der Waals surface area contributed by atoms with Crippen molar-refractivity contribution in [3.05, 3.63) is 35.6 Å². The molecule has 0 radical (unpaired) electrons. The number of piperidine rings is 1. The maximum Gasteiger partial charge on any atom is 0.127 e. The molecule has 1 nitrogen and oxygen atoms in total. The Labute approximate surface area is 88.5 Å². The van der Waals surface area contributed by atoms with Gasteiger partial charge in [0, 0.05) is 0 Å². The molecule has 1 aromatic rings. The fraction of sp³-hybridized carbons (Fsp3) is 0.500. The number of hydrogen-bond acceptors (Lipinski definition) is 1. The highest BCUT2D eigenvalue weighted by atomic mass is 19.1. The Morgan fingerprint density at radius 1 is 1.33 bits per heavy atom. The third-order valence-corrected chi connectivity index (χ3v) is 3.00. The summed E-state index contributed by atoms with van der Waals surface area (Å²) in [6.07, 6.45) is 1.41. The number of nitrogens with one attached hydrogen (secondary N) is 1. The Morgan fingerprint density at radius 2 is 2.00 bits per heavy atom. The molecular formula is C12H15F2N. The minimum atomic E-state index is -1.24. The molecule has 1 saturated heterocycles. The number of benzene rings is 1. The fourth-order valence-corrected chi connectivity index (χ4v) is 2.16. The Kier molecular flexibility index (Phi) is 2.74. The predicted octanol–water partition coefficient (Wildman–Crippen LogP) is 2.98. The molecule has 0 bridgehead atoms. The van der Waals surface area contributed by atoms with Crippen LogP contribution in [-0.4, -0.2) is 12.2 Å². The fourth-order valence-electron chi connectivity index (χ4n) is 2.16. The molecule has 0 aliphatic carbocycles. The highest BCUT2D eigenvalue weighted by molar-refractivity contribution is 5.23. The summed E-state index contributed by atoms with van der Waals surface area (Å²) < 4.78 is 26.9. The van der Waals surface area contributed by atoms with Crippen LogP contribution in [0.2, 0.25) is 0 Å². The van der Waals surface area contributed by atoms with Gasteiger partial charge in [0.15, 0.2) is 0 Å². The number of halogens is 2. The van der Waals surface area contributed by atoms with Crippen LogP contribution >= 0.6 is 0 Å². The summed E-state index contributed by atoms with van der Waals surface area (Å²) in [6, 6.07) is 5.74. The summed E-state index contributed by atoms with van der Waals surface area (Å²) >= 11 is 0. The molecule has 1 N–H and O–H groups in total. The quantitative estimate of drug-likeness (QED) is 0.753. The topological polar surface area (TPSA) is 12.0 Å². The molecule has 1 aliphatic rings. The summed E-state index contributed by atoms with van der Waals surface area (Å²) in [4.78, 5) is 0. The molecule has 3 heteroatoms. The molecule has 0 spiro atoms. The van der Waals surface area contributed by atoms with Crippen molar-refractivity contribution in [1.29, 1.82) is 0 Å². The zero-order chi connectivity index (χ0) is 10.9. The van der Waals surface area contributed by atoms with E-state index < -0.39 is 5.67 Å². The number of rotatable bonds is 1. The van der Waals surface area contributed by atoms with E-state index in [0.29, 0.717) is 6.42 Å². The molecule has 2 atom stereocenters. The van der Waals surface area contributed by atoms with Crippen LogP contribution in [0.25, 0.3) is 0 Å². The highest BCUT2D eigenvalue weighted by Gasteiger charge is 2.37. The van der Waals surface area contributed by atoms with Crippen LogP contribution in [0, 0.1) is 5.82 Å². The van der Waals surface area contributed by atoms with Gasteiger partial charge in [-0.3, -0.25) is 0 Å². The molecular weight excluding hydrogens is 196 g/mol. The van der Waals surface area contributed by atoms with Crippen LogP contribution in [0.3, 0.4) is 0 Å². The van der Waals surface area contributed by atoms with Gasteiger partial charge in [-0.25, -0.2) is 8.78 Å². The molecule has 0 amide bonds. The average molecular weight is 211 g/mol. The molecule has 15 heavy (non-hydrogen) atoms. The lowest BCUT2D eigenvalue weighted by atomic mass is 9.85. The smallest absolute Gasteiger partial charge is 0.127 e. The van der Waals surface area contributed by atoms with E-state index in [1.54, 1.807) is 19.1 Å². The van der Waals surface area contributed by atoms with Gasteiger partial charge in [0.05, 0.1) is 6.04 Å². The molecule has 2 unspecified atom stereocenters. The molecule has 1 fully saturated rings. The van der Waals surface area contributed by atoms with Crippen molar-refractivity contribution in [2.75, 3.05) is 6.54 Å². The molecule has 0 aromatic heterocycles. The minimum absolute atomic E-state index is 0.282. The molecule has 1 heterocycles. The maximum absolute atomic E-state index is 14.2. The largest absolute Gasteiger partial charge is 0.307 e. The Morgan fingerprint density at radius 3 is 2.60 bits per heavy atom. The summed E-state index contributed by atoms with van der Waals surface area (Å²) in [6.45, 7) is 2.43. The van der Waals surface area contributed by atoms with Gasteiger partial charge in [0.25, 0.3) is 0 Å².